The highest BCUT2D eigenvalue weighted by molar-refractivity contribution is 5.83. The van der Waals surface area contributed by atoms with E-state index in [0.29, 0.717) is 32.0 Å². The molecule has 3 rings (SSSR count). The van der Waals surface area contributed by atoms with Gasteiger partial charge in [0, 0.05) is 24.7 Å². The second kappa shape index (κ2) is 6.57. The molecule has 0 aliphatic carbocycles. The largest absolute Gasteiger partial charge is 0.378 e. The summed E-state index contributed by atoms with van der Waals surface area (Å²) >= 11 is 0. The van der Waals surface area contributed by atoms with Crippen LogP contribution >= 0.6 is 0 Å². The summed E-state index contributed by atoms with van der Waals surface area (Å²) in [5.41, 5.74) is 0.222. The van der Waals surface area contributed by atoms with Gasteiger partial charge in [0.25, 0.3) is 5.56 Å². The Bertz CT molecular complexity index is 778. The number of amides is 1. The van der Waals surface area contributed by atoms with Gasteiger partial charge >= 0.3 is 0 Å². The van der Waals surface area contributed by atoms with Gasteiger partial charge in [-0.25, -0.2) is 4.68 Å². The van der Waals surface area contributed by atoms with Crippen molar-refractivity contribution in [2.24, 2.45) is 0 Å². The third-order valence-electron chi connectivity index (χ3n) is 4.22. The summed E-state index contributed by atoms with van der Waals surface area (Å²) in [5.74, 6) is -0.120. The fraction of sp³-hybridized carbons (Fsp3) is 0.389. The predicted molar refractivity (Wildman–Crippen MR) is 90.7 cm³/mol. The molecule has 0 unspecified atom stereocenters. The molecule has 6 heteroatoms. The van der Waals surface area contributed by atoms with Crippen LogP contribution in [0.2, 0.25) is 0 Å². The Kier molecular flexibility index (Phi) is 4.49. The second-order valence-corrected chi connectivity index (χ2v) is 6.30. The first-order valence-electron chi connectivity index (χ1n) is 8.03. The minimum Gasteiger partial charge on any atom is -0.378 e. The van der Waals surface area contributed by atoms with E-state index in [9.17, 15) is 9.59 Å². The SMILES string of the molecule is CC(C)(C(=O)N1CCOCC1)n1nc(-c2ccccc2)ccc1=O. The summed E-state index contributed by atoms with van der Waals surface area (Å²) in [5, 5.41) is 4.46. The number of morpholine rings is 1. The lowest BCUT2D eigenvalue weighted by Gasteiger charge is -2.34. The van der Waals surface area contributed by atoms with E-state index in [1.54, 1.807) is 24.8 Å². The molecule has 2 aromatic rings. The molecule has 6 nitrogen and oxygen atoms in total. The van der Waals surface area contributed by atoms with Gasteiger partial charge in [0.2, 0.25) is 5.91 Å². The minimum atomic E-state index is -1.06. The Labute approximate surface area is 140 Å². The number of nitrogens with zero attached hydrogens (tertiary/aromatic N) is 3. The fourth-order valence-corrected chi connectivity index (χ4v) is 2.82. The third-order valence-corrected chi connectivity index (χ3v) is 4.22. The van der Waals surface area contributed by atoms with Gasteiger partial charge in [0.15, 0.2) is 0 Å². The summed E-state index contributed by atoms with van der Waals surface area (Å²) in [6, 6.07) is 12.7. The van der Waals surface area contributed by atoms with Crippen molar-refractivity contribution in [1.82, 2.24) is 14.7 Å². The fourth-order valence-electron chi connectivity index (χ4n) is 2.82. The van der Waals surface area contributed by atoms with Crippen molar-refractivity contribution in [3.63, 3.8) is 0 Å². The Morgan fingerprint density at radius 3 is 2.42 bits per heavy atom. The smallest absolute Gasteiger partial charge is 0.267 e. The zero-order valence-electron chi connectivity index (χ0n) is 13.9. The van der Waals surface area contributed by atoms with E-state index in [0.717, 1.165) is 5.56 Å². The Morgan fingerprint density at radius 1 is 1.08 bits per heavy atom. The average molecular weight is 327 g/mol. The molecule has 126 valence electrons. The van der Waals surface area contributed by atoms with Crippen molar-refractivity contribution in [2.75, 3.05) is 26.3 Å². The maximum atomic E-state index is 12.9. The molecule has 0 radical (unpaired) electrons. The van der Waals surface area contributed by atoms with E-state index in [1.165, 1.54) is 10.7 Å². The molecule has 1 amide bonds. The van der Waals surface area contributed by atoms with Gasteiger partial charge in [0.1, 0.15) is 5.54 Å². The molecule has 0 saturated carbocycles. The molecule has 1 aliphatic rings. The van der Waals surface area contributed by atoms with Crippen LogP contribution in [0.3, 0.4) is 0 Å². The third kappa shape index (κ3) is 3.10. The first kappa shape index (κ1) is 16.4. The molecule has 1 saturated heterocycles. The summed E-state index contributed by atoms with van der Waals surface area (Å²) < 4.78 is 6.58. The second-order valence-electron chi connectivity index (χ2n) is 6.30. The zero-order chi connectivity index (χ0) is 17.2. The number of aromatic nitrogens is 2. The molecule has 0 spiro atoms. The molecule has 24 heavy (non-hydrogen) atoms. The first-order chi connectivity index (χ1) is 11.5. The standard InChI is InChI=1S/C18H21N3O3/c1-18(2,17(23)20-10-12-24-13-11-20)21-16(22)9-8-15(19-21)14-6-4-3-5-7-14/h3-9H,10-13H2,1-2H3. The van der Waals surface area contributed by atoms with Crippen molar-refractivity contribution in [2.45, 2.75) is 19.4 Å². The number of rotatable bonds is 3. The van der Waals surface area contributed by atoms with Crippen molar-refractivity contribution in [3.05, 3.63) is 52.8 Å². The lowest BCUT2D eigenvalue weighted by Crippen LogP contribution is -2.54. The summed E-state index contributed by atoms with van der Waals surface area (Å²) in [7, 11) is 0. The Hall–Kier alpha value is -2.47. The van der Waals surface area contributed by atoms with Gasteiger partial charge in [-0.1, -0.05) is 30.3 Å². The van der Waals surface area contributed by atoms with Gasteiger partial charge in [-0.2, -0.15) is 5.10 Å². The van der Waals surface area contributed by atoms with Crippen molar-refractivity contribution in [3.8, 4) is 11.3 Å². The van der Waals surface area contributed by atoms with Crippen LogP contribution in [0.5, 0.6) is 0 Å². The number of hydrogen-bond donors (Lipinski definition) is 0. The molecular formula is C18H21N3O3. The summed E-state index contributed by atoms with van der Waals surface area (Å²) in [4.78, 5) is 27.0. The van der Waals surface area contributed by atoms with Crippen molar-refractivity contribution >= 4 is 5.91 Å². The quantitative estimate of drug-likeness (QED) is 0.857. The van der Waals surface area contributed by atoms with Crippen LogP contribution in [0.15, 0.2) is 47.3 Å². The monoisotopic (exact) mass is 327 g/mol. The molecule has 0 bridgehead atoms. The van der Waals surface area contributed by atoms with Gasteiger partial charge < -0.3 is 9.64 Å². The van der Waals surface area contributed by atoms with E-state index in [1.807, 2.05) is 30.3 Å². The molecule has 2 heterocycles. The highest BCUT2D eigenvalue weighted by Gasteiger charge is 2.36. The van der Waals surface area contributed by atoms with Crippen LogP contribution in [0.4, 0.5) is 0 Å². The highest BCUT2D eigenvalue weighted by atomic mass is 16.5. The lowest BCUT2D eigenvalue weighted by atomic mass is 10.0. The van der Waals surface area contributed by atoms with E-state index in [4.69, 9.17) is 4.74 Å². The van der Waals surface area contributed by atoms with Crippen molar-refractivity contribution < 1.29 is 9.53 Å². The van der Waals surface area contributed by atoms with Crippen LogP contribution in [0.1, 0.15) is 13.8 Å². The molecule has 0 N–H and O–H groups in total. The minimum absolute atomic E-state index is 0.120. The maximum Gasteiger partial charge on any atom is 0.267 e. The predicted octanol–water partition coefficient (Wildman–Crippen LogP) is 1.50. The maximum absolute atomic E-state index is 12.9. The van der Waals surface area contributed by atoms with E-state index in [2.05, 4.69) is 5.10 Å². The van der Waals surface area contributed by atoms with E-state index in [-0.39, 0.29) is 11.5 Å². The number of benzene rings is 1. The normalized spacial score (nSPS) is 15.3. The van der Waals surface area contributed by atoms with Gasteiger partial charge in [0.05, 0.1) is 18.9 Å². The number of hydrogen-bond acceptors (Lipinski definition) is 4. The number of ether oxygens (including phenoxy) is 1. The van der Waals surface area contributed by atoms with Crippen LogP contribution < -0.4 is 5.56 Å². The number of carbonyl (C=O) groups is 1. The van der Waals surface area contributed by atoms with Gasteiger partial charge in [-0.15, -0.1) is 0 Å². The lowest BCUT2D eigenvalue weighted by molar-refractivity contribution is -0.144. The molecule has 1 aromatic heterocycles. The molecule has 0 atom stereocenters. The Balaban J connectivity index is 1.97. The molecule has 1 fully saturated rings. The zero-order valence-corrected chi connectivity index (χ0v) is 13.9. The molecule has 1 aliphatic heterocycles. The average Bonchev–Trinajstić information content (AvgIpc) is 2.62. The Morgan fingerprint density at radius 2 is 1.75 bits per heavy atom. The van der Waals surface area contributed by atoms with E-state index < -0.39 is 5.54 Å². The van der Waals surface area contributed by atoms with Crippen LogP contribution in [-0.2, 0) is 15.1 Å². The van der Waals surface area contributed by atoms with E-state index >= 15 is 0 Å². The van der Waals surface area contributed by atoms with Crippen molar-refractivity contribution in [1.29, 1.82) is 0 Å². The van der Waals surface area contributed by atoms with Gasteiger partial charge in [-0.05, 0) is 19.9 Å². The van der Waals surface area contributed by atoms with Crippen LogP contribution in [-0.4, -0.2) is 46.9 Å². The first-order valence-corrected chi connectivity index (χ1v) is 8.03. The molecular weight excluding hydrogens is 306 g/mol. The topological polar surface area (TPSA) is 64.4 Å². The highest BCUT2D eigenvalue weighted by Crippen LogP contribution is 2.20. The van der Waals surface area contributed by atoms with Crippen LogP contribution in [0, 0.1) is 0 Å². The van der Waals surface area contributed by atoms with Crippen LogP contribution in [0.25, 0.3) is 11.3 Å². The van der Waals surface area contributed by atoms with Gasteiger partial charge in [-0.3, -0.25) is 9.59 Å². The summed E-state index contributed by atoms with van der Waals surface area (Å²) in [6.07, 6.45) is 0. The number of carbonyl (C=O) groups excluding carboxylic acids is 1. The summed E-state index contributed by atoms with van der Waals surface area (Å²) in [6.45, 7) is 5.58. The molecule has 1 aromatic carbocycles.